The topological polar surface area (TPSA) is 27.7 Å². The van der Waals surface area contributed by atoms with Gasteiger partial charge in [-0.15, -0.1) is 0 Å². The normalized spacial score (nSPS) is 23.2. The molecule has 0 aromatic heterocycles. The molecule has 23 heavy (non-hydrogen) atoms. The SMILES string of the molecule is CC1(C)OB(c2ccccc2)OC1(C)COCc1ccccc1. The van der Waals surface area contributed by atoms with Gasteiger partial charge >= 0.3 is 7.12 Å². The van der Waals surface area contributed by atoms with Crippen molar-refractivity contribution < 1.29 is 14.0 Å². The third kappa shape index (κ3) is 3.50. The fourth-order valence-electron chi connectivity index (χ4n) is 2.69. The third-order valence-corrected chi connectivity index (χ3v) is 4.60. The molecule has 3 rings (SSSR count). The van der Waals surface area contributed by atoms with Crippen LogP contribution < -0.4 is 5.46 Å². The molecule has 0 spiro atoms. The molecule has 1 heterocycles. The molecule has 4 heteroatoms. The molecule has 0 saturated carbocycles. The third-order valence-electron chi connectivity index (χ3n) is 4.60. The lowest BCUT2D eigenvalue weighted by molar-refractivity contribution is -0.0748. The molecule has 0 bridgehead atoms. The number of benzene rings is 2. The average molecular weight is 310 g/mol. The summed E-state index contributed by atoms with van der Waals surface area (Å²) in [6.07, 6.45) is 0. The number of hydrogen-bond donors (Lipinski definition) is 0. The lowest BCUT2D eigenvalue weighted by atomic mass is 9.79. The molecule has 1 saturated heterocycles. The Hall–Kier alpha value is -1.62. The van der Waals surface area contributed by atoms with Crippen molar-refractivity contribution in [3.05, 3.63) is 66.2 Å². The van der Waals surface area contributed by atoms with Crippen LogP contribution in [0.15, 0.2) is 60.7 Å². The summed E-state index contributed by atoms with van der Waals surface area (Å²) < 4.78 is 18.3. The van der Waals surface area contributed by atoms with Crippen molar-refractivity contribution in [1.82, 2.24) is 0 Å². The molecule has 1 unspecified atom stereocenters. The number of rotatable bonds is 5. The molecule has 2 aromatic rings. The van der Waals surface area contributed by atoms with Crippen LogP contribution in [0.4, 0.5) is 0 Å². The van der Waals surface area contributed by atoms with Crippen LogP contribution in [0.25, 0.3) is 0 Å². The zero-order valence-electron chi connectivity index (χ0n) is 14.0. The van der Waals surface area contributed by atoms with Gasteiger partial charge < -0.3 is 14.0 Å². The summed E-state index contributed by atoms with van der Waals surface area (Å²) in [6.45, 7) is 7.23. The minimum atomic E-state index is -0.498. The Bertz CT molecular complexity index is 630. The van der Waals surface area contributed by atoms with Crippen molar-refractivity contribution in [3.8, 4) is 0 Å². The van der Waals surface area contributed by atoms with Gasteiger partial charge in [0.1, 0.15) is 5.60 Å². The lowest BCUT2D eigenvalue weighted by Gasteiger charge is -2.36. The van der Waals surface area contributed by atoms with E-state index in [0.717, 1.165) is 11.0 Å². The van der Waals surface area contributed by atoms with E-state index in [-0.39, 0.29) is 7.12 Å². The van der Waals surface area contributed by atoms with E-state index in [0.29, 0.717) is 13.2 Å². The largest absolute Gasteiger partial charge is 0.494 e. The molecule has 0 N–H and O–H groups in total. The molecule has 1 atom stereocenters. The molecule has 1 aliphatic heterocycles. The average Bonchev–Trinajstić information content (AvgIpc) is 2.79. The van der Waals surface area contributed by atoms with Gasteiger partial charge in [-0.1, -0.05) is 60.7 Å². The molecule has 2 aromatic carbocycles. The summed E-state index contributed by atoms with van der Waals surface area (Å²) >= 11 is 0. The van der Waals surface area contributed by atoms with Gasteiger partial charge in [-0.2, -0.15) is 0 Å². The first-order chi connectivity index (χ1) is 11.0. The predicted octanol–water partition coefficient (Wildman–Crippen LogP) is 3.18. The van der Waals surface area contributed by atoms with E-state index in [2.05, 4.69) is 32.9 Å². The van der Waals surface area contributed by atoms with Crippen LogP contribution in [0.3, 0.4) is 0 Å². The molecule has 0 aliphatic carbocycles. The zero-order chi connectivity index (χ0) is 16.3. The van der Waals surface area contributed by atoms with E-state index in [4.69, 9.17) is 14.0 Å². The summed E-state index contributed by atoms with van der Waals surface area (Å²) in [5, 5.41) is 0. The van der Waals surface area contributed by atoms with Crippen LogP contribution in [-0.2, 0) is 20.7 Å². The van der Waals surface area contributed by atoms with Crippen LogP contribution in [0.2, 0.25) is 0 Å². The van der Waals surface area contributed by atoms with E-state index >= 15 is 0 Å². The van der Waals surface area contributed by atoms with Gasteiger partial charge in [-0.3, -0.25) is 0 Å². The van der Waals surface area contributed by atoms with Crippen molar-refractivity contribution in [3.63, 3.8) is 0 Å². The maximum Gasteiger partial charge on any atom is 0.494 e. The number of ether oxygens (including phenoxy) is 1. The maximum atomic E-state index is 6.24. The summed E-state index contributed by atoms with van der Waals surface area (Å²) in [5.74, 6) is 0. The Morgan fingerprint density at radius 2 is 1.48 bits per heavy atom. The predicted molar refractivity (Wildman–Crippen MR) is 92.6 cm³/mol. The van der Waals surface area contributed by atoms with Crippen LogP contribution in [-0.4, -0.2) is 24.9 Å². The molecule has 0 radical (unpaired) electrons. The van der Waals surface area contributed by atoms with Gasteiger partial charge in [-0.25, -0.2) is 0 Å². The van der Waals surface area contributed by atoms with Gasteiger partial charge in [0.25, 0.3) is 0 Å². The van der Waals surface area contributed by atoms with E-state index in [1.54, 1.807) is 0 Å². The summed E-state index contributed by atoms with van der Waals surface area (Å²) in [5.41, 5.74) is 1.27. The number of hydrogen-bond acceptors (Lipinski definition) is 3. The Labute approximate surface area is 138 Å². The first-order valence-electron chi connectivity index (χ1n) is 8.02. The minimum Gasteiger partial charge on any atom is -0.399 e. The van der Waals surface area contributed by atoms with Crippen molar-refractivity contribution >= 4 is 12.6 Å². The van der Waals surface area contributed by atoms with Crippen LogP contribution >= 0.6 is 0 Å². The molecular formula is C19H23BO3. The highest BCUT2D eigenvalue weighted by Crippen LogP contribution is 2.37. The summed E-state index contributed by atoms with van der Waals surface area (Å²) in [6, 6.07) is 20.2. The molecular weight excluding hydrogens is 287 g/mol. The van der Waals surface area contributed by atoms with Gasteiger partial charge in [0, 0.05) is 0 Å². The highest BCUT2D eigenvalue weighted by molar-refractivity contribution is 6.62. The van der Waals surface area contributed by atoms with E-state index in [9.17, 15) is 0 Å². The fourth-order valence-corrected chi connectivity index (χ4v) is 2.69. The van der Waals surface area contributed by atoms with Crippen LogP contribution in [0.5, 0.6) is 0 Å². The first-order valence-corrected chi connectivity index (χ1v) is 8.02. The molecule has 1 aliphatic rings. The van der Waals surface area contributed by atoms with Crippen LogP contribution in [0.1, 0.15) is 26.3 Å². The summed E-state index contributed by atoms with van der Waals surface area (Å²) in [4.78, 5) is 0. The van der Waals surface area contributed by atoms with E-state index < -0.39 is 11.2 Å². The van der Waals surface area contributed by atoms with Gasteiger partial charge in [0.05, 0.1) is 18.8 Å². The first kappa shape index (κ1) is 16.3. The van der Waals surface area contributed by atoms with E-state index in [1.807, 2.05) is 48.5 Å². The second kappa shape index (κ2) is 6.48. The summed E-state index contributed by atoms with van der Waals surface area (Å²) in [7, 11) is -0.350. The van der Waals surface area contributed by atoms with Crippen molar-refractivity contribution in [1.29, 1.82) is 0 Å². The second-order valence-electron chi connectivity index (χ2n) is 6.70. The van der Waals surface area contributed by atoms with Gasteiger partial charge in [0.15, 0.2) is 0 Å². The standard InChI is InChI=1S/C19H23BO3/c1-18(2)19(3,15-21-14-16-10-6-4-7-11-16)23-20(22-18)17-12-8-5-9-13-17/h4-13H,14-15H2,1-3H3. The Morgan fingerprint density at radius 1 is 0.870 bits per heavy atom. The van der Waals surface area contributed by atoms with Gasteiger partial charge in [-0.05, 0) is 31.8 Å². The minimum absolute atomic E-state index is 0.350. The van der Waals surface area contributed by atoms with Crippen LogP contribution in [0, 0.1) is 0 Å². The Balaban J connectivity index is 1.65. The fraction of sp³-hybridized carbons (Fsp3) is 0.368. The molecule has 120 valence electrons. The highest BCUT2D eigenvalue weighted by atomic mass is 16.7. The van der Waals surface area contributed by atoms with E-state index in [1.165, 1.54) is 0 Å². The highest BCUT2D eigenvalue weighted by Gasteiger charge is 2.54. The quantitative estimate of drug-likeness (QED) is 0.794. The Kier molecular flexibility index (Phi) is 4.58. The van der Waals surface area contributed by atoms with Gasteiger partial charge in [0.2, 0.25) is 0 Å². The molecule has 3 nitrogen and oxygen atoms in total. The van der Waals surface area contributed by atoms with Crippen molar-refractivity contribution in [2.24, 2.45) is 0 Å². The Morgan fingerprint density at radius 3 is 2.13 bits per heavy atom. The molecule has 0 amide bonds. The smallest absolute Gasteiger partial charge is 0.399 e. The second-order valence-corrected chi connectivity index (χ2v) is 6.70. The van der Waals surface area contributed by atoms with Crippen molar-refractivity contribution in [2.75, 3.05) is 6.61 Å². The molecule has 1 fully saturated rings. The maximum absolute atomic E-state index is 6.24. The monoisotopic (exact) mass is 310 g/mol. The zero-order valence-corrected chi connectivity index (χ0v) is 14.0. The lowest BCUT2D eigenvalue weighted by Crippen LogP contribution is -2.48. The van der Waals surface area contributed by atoms with Crippen molar-refractivity contribution in [2.45, 2.75) is 38.6 Å².